The Morgan fingerprint density at radius 2 is 1.84 bits per heavy atom. The molecule has 2 saturated carbocycles. The molecule has 0 radical (unpaired) electrons. The summed E-state index contributed by atoms with van der Waals surface area (Å²) in [7, 11) is -3.93. The second kappa shape index (κ2) is 13.8. The average Bonchev–Trinajstić information content (AvgIpc) is 3.90. The van der Waals surface area contributed by atoms with Gasteiger partial charge >= 0.3 is 12.2 Å². The van der Waals surface area contributed by atoms with Gasteiger partial charge in [-0.3, -0.25) is 24.0 Å². The number of halogens is 1. The first kappa shape index (κ1) is 37.1. The highest BCUT2D eigenvalue weighted by Gasteiger charge is 2.62. The lowest BCUT2D eigenvalue weighted by Gasteiger charge is -2.31. The van der Waals surface area contributed by atoms with Crippen LogP contribution in [0.2, 0.25) is 0 Å². The largest absolute Gasteiger partial charge is 0.444 e. The molecule has 50 heavy (non-hydrogen) atoms. The van der Waals surface area contributed by atoms with E-state index in [9.17, 15) is 36.8 Å². The smallest absolute Gasteiger partial charge is 0.410 e. The van der Waals surface area contributed by atoms with Crippen LogP contribution in [0, 0.1) is 17.7 Å². The van der Waals surface area contributed by atoms with Crippen molar-refractivity contribution >= 4 is 39.9 Å². The number of amides is 5. The molecule has 3 N–H and O–H groups in total. The summed E-state index contributed by atoms with van der Waals surface area (Å²) in [4.78, 5) is 70.2. The molecule has 5 rings (SSSR count). The van der Waals surface area contributed by atoms with Crippen molar-refractivity contribution in [3.8, 4) is 0 Å². The standard InChI is InChI=1S/C34H46FN5O9S/c1-7-21-15-34(21,30(43)38-50(46,47)23-11-12-23)37-28(41)27-14-22(48-32(45)39-16-20-9-8-10-25(35)24(20)18-39)17-40(27)29(42)26(13-19(2)3)36-31(44)49-33(4,5)6/h7-10,19,21-23,26-27H,1,11-18H2,2-6H3,(H,36,44)(H,37,41)(H,38,43). The van der Waals surface area contributed by atoms with Crippen LogP contribution in [0.3, 0.4) is 0 Å². The van der Waals surface area contributed by atoms with Crippen molar-refractivity contribution in [3.63, 3.8) is 0 Å². The van der Waals surface area contributed by atoms with Crippen LogP contribution in [0.1, 0.15) is 77.8 Å². The van der Waals surface area contributed by atoms with Gasteiger partial charge in [0, 0.05) is 24.4 Å². The molecule has 16 heteroatoms. The zero-order chi connectivity index (χ0) is 36.8. The number of benzene rings is 1. The number of hydrogen-bond donors (Lipinski definition) is 3. The van der Waals surface area contributed by atoms with E-state index >= 15 is 0 Å². The van der Waals surface area contributed by atoms with Crippen LogP contribution in [0.4, 0.5) is 14.0 Å². The van der Waals surface area contributed by atoms with Gasteiger partial charge in [-0.2, -0.15) is 0 Å². The van der Waals surface area contributed by atoms with E-state index < -0.39 is 86.2 Å². The Labute approximate surface area is 291 Å². The first-order chi connectivity index (χ1) is 23.3. The molecule has 5 atom stereocenters. The van der Waals surface area contributed by atoms with E-state index in [1.54, 1.807) is 32.9 Å². The molecule has 1 saturated heterocycles. The normalized spacial score (nSPS) is 25.0. The number of rotatable bonds is 11. The molecule has 1 aromatic rings. The topological polar surface area (TPSA) is 181 Å². The van der Waals surface area contributed by atoms with Crippen molar-refractivity contribution in [2.45, 2.75) is 114 Å². The quantitative estimate of drug-likeness (QED) is 0.290. The molecule has 4 aliphatic rings. The Bertz CT molecular complexity index is 1670. The summed E-state index contributed by atoms with van der Waals surface area (Å²) in [6.45, 7) is 12.3. The summed E-state index contributed by atoms with van der Waals surface area (Å²) in [5, 5.41) is 4.63. The Morgan fingerprint density at radius 3 is 2.42 bits per heavy atom. The zero-order valence-electron chi connectivity index (χ0n) is 29.0. The summed E-state index contributed by atoms with van der Waals surface area (Å²) in [5.74, 6) is -3.38. The van der Waals surface area contributed by atoms with E-state index in [0.29, 0.717) is 24.0 Å². The van der Waals surface area contributed by atoms with Crippen molar-refractivity contribution in [2.24, 2.45) is 11.8 Å². The van der Waals surface area contributed by atoms with E-state index in [2.05, 4.69) is 21.9 Å². The van der Waals surface area contributed by atoms with Gasteiger partial charge in [-0.15, -0.1) is 6.58 Å². The zero-order valence-corrected chi connectivity index (χ0v) is 29.8. The van der Waals surface area contributed by atoms with Gasteiger partial charge < -0.3 is 25.0 Å². The van der Waals surface area contributed by atoms with Gasteiger partial charge in [-0.25, -0.2) is 22.4 Å². The number of alkyl carbamates (subject to hydrolysis) is 1. The minimum Gasteiger partial charge on any atom is -0.444 e. The van der Waals surface area contributed by atoms with Crippen LogP contribution >= 0.6 is 0 Å². The third kappa shape index (κ3) is 8.22. The van der Waals surface area contributed by atoms with Crippen molar-refractivity contribution in [1.29, 1.82) is 0 Å². The summed E-state index contributed by atoms with van der Waals surface area (Å²) < 4.78 is 52.8. The third-order valence-corrected chi connectivity index (χ3v) is 11.1. The van der Waals surface area contributed by atoms with Crippen LogP contribution in [0.15, 0.2) is 30.9 Å². The summed E-state index contributed by atoms with van der Waals surface area (Å²) >= 11 is 0. The number of fused-ring (bicyclic) bond motifs is 1. The number of nitrogens with zero attached hydrogens (tertiary/aromatic N) is 2. The second-order valence-corrected chi connectivity index (χ2v) is 17.0. The van der Waals surface area contributed by atoms with Gasteiger partial charge in [0.15, 0.2) is 0 Å². The summed E-state index contributed by atoms with van der Waals surface area (Å²) in [6.07, 6.45) is -0.142. The SMILES string of the molecule is C=CC1CC1(NC(=O)C1CC(OC(=O)N2Cc3cccc(F)c3C2)CN1C(=O)C(CC(C)C)NC(=O)OC(C)(C)C)C(=O)NS(=O)(=O)C1CC1. The van der Waals surface area contributed by atoms with Crippen molar-refractivity contribution in [1.82, 2.24) is 25.2 Å². The lowest BCUT2D eigenvalue weighted by atomic mass is 10.0. The number of likely N-dealkylation sites (tertiary alicyclic amines) is 1. The van der Waals surface area contributed by atoms with Crippen LogP contribution in [0.25, 0.3) is 0 Å². The van der Waals surface area contributed by atoms with Crippen LogP contribution in [0.5, 0.6) is 0 Å². The van der Waals surface area contributed by atoms with Gasteiger partial charge in [0.2, 0.25) is 21.8 Å². The molecular formula is C34H46FN5O9S. The molecule has 2 aliphatic heterocycles. The average molecular weight is 720 g/mol. The maximum absolute atomic E-state index is 14.4. The molecule has 0 bridgehead atoms. The molecule has 274 valence electrons. The highest BCUT2D eigenvalue weighted by Crippen LogP contribution is 2.45. The molecule has 5 unspecified atom stereocenters. The predicted molar refractivity (Wildman–Crippen MR) is 178 cm³/mol. The summed E-state index contributed by atoms with van der Waals surface area (Å²) in [5.41, 5.74) is -1.44. The first-order valence-corrected chi connectivity index (χ1v) is 18.4. The number of ether oxygens (including phenoxy) is 2. The highest BCUT2D eigenvalue weighted by atomic mass is 32.2. The van der Waals surface area contributed by atoms with Crippen molar-refractivity contribution < 1.29 is 46.3 Å². The fraction of sp³-hybridized carbons (Fsp3) is 0.618. The molecule has 5 amide bonds. The molecule has 14 nitrogen and oxygen atoms in total. The number of hydrogen-bond acceptors (Lipinski definition) is 9. The monoisotopic (exact) mass is 719 g/mol. The van der Waals surface area contributed by atoms with Crippen molar-refractivity contribution in [3.05, 3.63) is 47.8 Å². The molecule has 3 fully saturated rings. The number of carbonyl (C=O) groups is 5. The lowest BCUT2D eigenvalue weighted by molar-refractivity contribution is -0.141. The second-order valence-electron chi connectivity index (χ2n) is 15.0. The molecule has 2 aliphatic carbocycles. The Morgan fingerprint density at radius 1 is 1.14 bits per heavy atom. The van der Waals surface area contributed by atoms with Gasteiger partial charge in [0.05, 0.1) is 18.3 Å². The van der Waals surface area contributed by atoms with E-state index in [1.165, 1.54) is 21.9 Å². The Hall–Kier alpha value is -4.21. The number of nitrogens with one attached hydrogen (secondary N) is 3. The molecule has 0 spiro atoms. The highest BCUT2D eigenvalue weighted by molar-refractivity contribution is 7.91. The van der Waals surface area contributed by atoms with Gasteiger partial charge in [0.25, 0.3) is 5.91 Å². The number of sulfonamides is 1. The Kier molecular flexibility index (Phi) is 10.3. The van der Waals surface area contributed by atoms with E-state index in [4.69, 9.17) is 9.47 Å². The van der Waals surface area contributed by atoms with Crippen LogP contribution in [-0.2, 0) is 47.0 Å². The van der Waals surface area contributed by atoms with E-state index in [-0.39, 0.29) is 44.8 Å². The fourth-order valence-corrected chi connectivity index (χ4v) is 7.83. The van der Waals surface area contributed by atoms with Gasteiger partial charge in [-0.1, -0.05) is 32.1 Å². The van der Waals surface area contributed by atoms with Gasteiger partial charge in [-0.05, 0) is 64.0 Å². The maximum Gasteiger partial charge on any atom is 0.410 e. The molecule has 0 aromatic heterocycles. The van der Waals surface area contributed by atoms with E-state index in [1.807, 2.05) is 13.8 Å². The fourth-order valence-electron chi connectivity index (χ4n) is 6.46. The third-order valence-electron chi connectivity index (χ3n) is 9.25. The predicted octanol–water partition coefficient (Wildman–Crippen LogP) is 2.86. The molecular weight excluding hydrogens is 673 g/mol. The summed E-state index contributed by atoms with van der Waals surface area (Å²) in [6, 6.07) is 2.19. The van der Waals surface area contributed by atoms with Gasteiger partial charge in [0.1, 0.15) is 35.1 Å². The van der Waals surface area contributed by atoms with Crippen LogP contribution < -0.4 is 15.4 Å². The van der Waals surface area contributed by atoms with Crippen molar-refractivity contribution in [2.75, 3.05) is 6.54 Å². The minimum atomic E-state index is -3.93. The maximum atomic E-state index is 14.4. The van der Waals surface area contributed by atoms with Crippen LogP contribution in [-0.4, -0.2) is 89.2 Å². The lowest BCUT2D eigenvalue weighted by Crippen LogP contribution is -2.58. The number of carbonyl (C=O) groups excluding carboxylic acids is 5. The molecule has 2 heterocycles. The molecule has 1 aromatic carbocycles. The Balaban J connectivity index is 1.37. The first-order valence-electron chi connectivity index (χ1n) is 16.9. The van der Waals surface area contributed by atoms with E-state index in [0.717, 1.165) is 0 Å². The minimum absolute atomic E-state index is 0.0132.